The van der Waals surface area contributed by atoms with Crippen molar-refractivity contribution in [3.8, 4) is 11.6 Å². The smallest absolute Gasteiger partial charge is 0.340 e. The minimum Gasteiger partial charge on any atom is -0.462 e. The molecule has 0 atom stereocenters. The molecule has 2 N–H and O–H groups in total. The van der Waals surface area contributed by atoms with Gasteiger partial charge in [0.25, 0.3) is 0 Å². The fourth-order valence-electron chi connectivity index (χ4n) is 1.57. The minimum absolute atomic E-state index is 0.0169. The van der Waals surface area contributed by atoms with Crippen molar-refractivity contribution in [2.45, 2.75) is 6.92 Å². The fraction of sp³-hybridized carbons (Fsp3) is 0.143. The molecule has 0 saturated heterocycles. The number of carbonyl (C=O) groups is 1. The first-order valence-corrected chi connectivity index (χ1v) is 6.45. The zero-order valence-electron chi connectivity index (χ0n) is 11.1. The molecule has 0 aliphatic rings. The van der Waals surface area contributed by atoms with Gasteiger partial charge in [-0.1, -0.05) is 11.6 Å². The molecule has 0 aliphatic carbocycles. The Bertz CT molecular complexity index is 679. The van der Waals surface area contributed by atoms with Crippen molar-refractivity contribution in [1.29, 1.82) is 0 Å². The number of anilines is 1. The molecule has 2 rings (SSSR count). The number of nitrogen functional groups attached to an aromatic ring is 1. The van der Waals surface area contributed by atoms with Gasteiger partial charge < -0.3 is 15.2 Å². The molecule has 0 aliphatic heterocycles. The van der Waals surface area contributed by atoms with Crippen LogP contribution in [0, 0.1) is 5.82 Å². The van der Waals surface area contributed by atoms with E-state index in [1.807, 2.05) is 0 Å². The van der Waals surface area contributed by atoms with Gasteiger partial charge in [0, 0.05) is 12.3 Å². The highest BCUT2D eigenvalue weighted by Gasteiger charge is 2.16. The number of hydrogen-bond acceptors (Lipinski definition) is 5. The van der Waals surface area contributed by atoms with Crippen molar-refractivity contribution in [3.05, 3.63) is 46.9 Å². The van der Waals surface area contributed by atoms with E-state index in [4.69, 9.17) is 26.8 Å². The second-order valence-electron chi connectivity index (χ2n) is 3.98. The van der Waals surface area contributed by atoms with Crippen LogP contribution in [0.25, 0.3) is 0 Å². The van der Waals surface area contributed by atoms with Crippen molar-refractivity contribution in [2.75, 3.05) is 12.3 Å². The van der Waals surface area contributed by atoms with Crippen LogP contribution in [0.2, 0.25) is 5.02 Å². The number of aromatic nitrogens is 1. The predicted molar refractivity (Wildman–Crippen MR) is 76.1 cm³/mol. The number of nitrogens with two attached hydrogens (primary N) is 1. The Morgan fingerprint density at radius 3 is 2.86 bits per heavy atom. The second-order valence-corrected chi connectivity index (χ2v) is 4.38. The first-order chi connectivity index (χ1) is 10.0. The van der Waals surface area contributed by atoms with Crippen molar-refractivity contribution >= 4 is 23.3 Å². The Morgan fingerprint density at radius 1 is 1.43 bits per heavy atom. The van der Waals surface area contributed by atoms with Gasteiger partial charge in [-0.05, 0) is 25.1 Å². The maximum absolute atomic E-state index is 13.1. The van der Waals surface area contributed by atoms with Crippen LogP contribution in [0.1, 0.15) is 17.3 Å². The maximum Gasteiger partial charge on any atom is 0.340 e. The van der Waals surface area contributed by atoms with Crippen LogP contribution in [0.5, 0.6) is 11.6 Å². The summed E-state index contributed by atoms with van der Waals surface area (Å²) in [5, 5.41) is -0.0902. The summed E-state index contributed by atoms with van der Waals surface area (Å²) in [5.74, 6) is -0.866. The molecule has 0 saturated carbocycles. The standard InChI is InChI=1S/C14H12ClFN2O3/c1-2-20-14(19)9-5-6-18-13(12(9)17)21-8-3-4-11(16)10(15)7-8/h3-7H,2,17H2,1H3. The monoisotopic (exact) mass is 310 g/mol. The third kappa shape index (κ3) is 3.41. The largest absolute Gasteiger partial charge is 0.462 e. The molecular weight excluding hydrogens is 299 g/mol. The number of halogens is 2. The molecule has 0 fully saturated rings. The quantitative estimate of drug-likeness (QED) is 0.876. The van der Waals surface area contributed by atoms with Gasteiger partial charge in [-0.25, -0.2) is 14.2 Å². The molecule has 1 aromatic heterocycles. The summed E-state index contributed by atoms with van der Waals surface area (Å²) >= 11 is 5.66. The van der Waals surface area contributed by atoms with Gasteiger partial charge in [-0.15, -0.1) is 0 Å². The zero-order chi connectivity index (χ0) is 15.4. The van der Waals surface area contributed by atoms with Crippen molar-refractivity contribution in [3.63, 3.8) is 0 Å². The first-order valence-electron chi connectivity index (χ1n) is 6.07. The van der Waals surface area contributed by atoms with Gasteiger partial charge in [0.1, 0.15) is 17.3 Å². The summed E-state index contributed by atoms with van der Waals surface area (Å²) < 4.78 is 23.4. The van der Waals surface area contributed by atoms with E-state index in [1.54, 1.807) is 6.92 Å². The highest BCUT2D eigenvalue weighted by molar-refractivity contribution is 6.30. The van der Waals surface area contributed by atoms with Crippen molar-refractivity contribution < 1.29 is 18.7 Å². The third-order valence-electron chi connectivity index (χ3n) is 2.55. The number of hydrogen-bond donors (Lipinski definition) is 1. The van der Waals surface area contributed by atoms with E-state index >= 15 is 0 Å². The van der Waals surface area contributed by atoms with E-state index in [0.717, 1.165) is 6.07 Å². The topological polar surface area (TPSA) is 74.4 Å². The molecule has 110 valence electrons. The molecule has 2 aromatic rings. The number of nitrogens with zero attached hydrogens (tertiary/aromatic N) is 1. The molecule has 0 radical (unpaired) electrons. The Kier molecular flexibility index (Phi) is 4.59. The van der Waals surface area contributed by atoms with E-state index in [2.05, 4.69) is 4.98 Å². The van der Waals surface area contributed by atoms with Crippen LogP contribution >= 0.6 is 11.6 Å². The molecule has 0 bridgehead atoms. The number of esters is 1. The van der Waals surface area contributed by atoms with Crippen LogP contribution in [0.15, 0.2) is 30.5 Å². The lowest BCUT2D eigenvalue weighted by Gasteiger charge is -2.10. The van der Waals surface area contributed by atoms with Crippen LogP contribution in [-0.4, -0.2) is 17.6 Å². The summed E-state index contributed by atoms with van der Waals surface area (Å²) in [4.78, 5) is 15.6. The van der Waals surface area contributed by atoms with Gasteiger partial charge in [0.15, 0.2) is 0 Å². The summed E-state index contributed by atoms with van der Waals surface area (Å²) in [6, 6.07) is 5.25. The lowest BCUT2D eigenvalue weighted by molar-refractivity contribution is 0.0527. The van der Waals surface area contributed by atoms with Gasteiger partial charge in [0.05, 0.1) is 17.2 Å². The minimum atomic E-state index is -0.570. The highest BCUT2D eigenvalue weighted by Crippen LogP contribution is 2.30. The summed E-state index contributed by atoms with van der Waals surface area (Å²) in [6.07, 6.45) is 1.36. The molecule has 1 heterocycles. The Hall–Kier alpha value is -2.34. The van der Waals surface area contributed by atoms with Crippen LogP contribution in [0.4, 0.5) is 10.1 Å². The van der Waals surface area contributed by atoms with E-state index in [1.165, 1.54) is 24.4 Å². The number of rotatable bonds is 4. The van der Waals surface area contributed by atoms with Crippen molar-refractivity contribution in [1.82, 2.24) is 4.98 Å². The first kappa shape index (κ1) is 15.1. The predicted octanol–water partition coefficient (Wildman–Crippen LogP) is 3.43. The van der Waals surface area contributed by atoms with Gasteiger partial charge in [-0.2, -0.15) is 0 Å². The van der Waals surface area contributed by atoms with Gasteiger partial charge >= 0.3 is 5.97 Å². The lowest BCUT2D eigenvalue weighted by atomic mass is 10.2. The molecule has 0 unspecified atom stereocenters. The molecule has 7 heteroatoms. The summed E-state index contributed by atoms with van der Waals surface area (Å²) in [5.41, 5.74) is 6.02. The van der Waals surface area contributed by atoms with E-state index in [-0.39, 0.29) is 34.5 Å². The van der Waals surface area contributed by atoms with E-state index in [9.17, 15) is 9.18 Å². The Balaban J connectivity index is 2.30. The highest BCUT2D eigenvalue weighted by atomic mass is 35.5. The average molecular weight is 311 g/mol. The Morgan fingerprint density at radius 2 is 2.19 bits per heavy atom. The van der Waals surface area contributed by atoms with Crippen LogP contribution in [0.3, 0.4) is 0 Å². The van der Waals surface area contributed by atoms with Crippen LogP contribution in [-0.2, 0) is 4.74 Å². The fourth-order valence-corrected chi connectivity index (χ4v) is 1.74. The average Bonchev–Trinajstić information content (AvgIpc) is 2.45. The number of pyridine rings is 1. The zero-order valence-corrected chi connectivity index (χ0v) is 11.9. The van der Waals surface area contributed by atoms with Gasteiger partial charge in [0.2, 0.25) is 5.88 Å². The third-order valence-corrected chi connectivity index (χ3v) is 2.84. The Labute approximate surface area is 125 Å². The lowest BCUT2D eigenvalue weighted by Crippen LogP contribution is -2.09. The van der Waals surface area contributed by atoms with Gasteiger partial charge in [-0.3, -0.25) is 0 Å². The number of ether oxygens (including phenoxy) is 2. The molecular formula is C14H12ClFN2O3. The van der Waals surface area contributed by atoms with Crippen LogP contribution < -0.4 is 10.5 Å². The second kappa shape index (κ2) is 6.41. The molecule has 1 aromatic carbocycles. The molecule has 21 heavy (non-hydrogen) atoms. The van der Waals surface area contributed by atoms with Crippen molar-refractivity contribution in [2.24, 2.45) is 0 Å². The van der Waals surface area contributed by atoms with E-state index in [0.29, 0.717) is 0 Å². The normalized spacial score (nSPS) is 10.2. The number of benzene rings is 1. The summed E-state index contributed by atoms with van der Waals surface area (Å²) in [6.45, 7) is 1.91. The molecule has 0 spiro atoms. The molecule has 0 amide bonds. The molecule has 5 nitrogen and oxygen atoms in total. The maximum atomic E-state index is 13.1. The summed E-state index contributed by atoms with van der Waals surface area (Å²) in [7, 11) is 0. The SMILES string of the molecule is CCOC(=O)c1ccnc(Oc2ccc(F)c(Cl)c2)c1N. The van der Waals surface area contributed by atoms with E-state index < -0.39 is 11.8 Å². The number of carbonyl (C=O) groups excluding carboxylic acids is 1.